The molecule has 0 bridgehead atoms. The van der Waals surface area contributed by atoms with Crippen LogP contribution in [0.5, 0.6) is 0 Å². The molecule has 2 saturated carbocycles. The van der Waals surface area contributed by atoms with Crippen LogP contribution in [0.2, 0.25) is 0 Å². The average molecular weight is 175 g/mol. The van der Waals surface area contributed by atoms with E-state index in [0.29, 0.717) is 16.5 Å². The predicted octanol–water partition coefficient (Wildman–Crippen LogP) is 1.36. The van der Waals surface area contributed by atoms with Crippen molar-refractivity contribution in [1.82, 2.24) is 0 Å². The highest BCUT2D eigenvalue weighted by Gasteiger charge is 2.56. The van der Waals surface area contributed by atoms with Crippen LogP contribution in [0.3, 0.4) is 0 Å². The normalized spacial score (nSPS) is 51.6. The molecule has 0 unspecified atom stereocenters. The molecule has 0 N–H and O–H groups in total. The zero-order valence-corrected chi connectivity index (χ0v) is 6.02. The van der Waals surface area contributed by atoms with Gasteiger partial charge >= 0.3 is 0 Å². The molecule has 2 rings (SSSR count). The summed E-state index contributed by atoms with van der Waals surface area (Å²) in [6.45, 7) is 0. The van der Waals surface area contributed by atoms with Gasteiger partial charge in [-0.25, -0.2) is 0 Å². The van der Waals surface area contributed by atoms with Crippen LogP contribution in [0.4, 0.5) is 0 Å². The molecule has 44 valence electrons. The van der Waals surface area contributed by atoms with Crippen LogP contribution >= 0.6 is 15.9 Å². The summed E-state index contributed by atoms with van der Waals surface area (Å²) in [6.07, 6.45) is 1.98. The SMILES string of the molecule is O=C1CC[C@H]2[C@H](Br)[C@@H]12. The van der Waals surface area contributed by atoms with E-state index in [1.807, 2.05) is 0 Å². The van der Waals surface area contributed by atoms with Gasteiger partial charge in [0.05, 0.1) is 0 Å². The van der Waals surface area contributed by atoms with Gasteiger partial charge in [0.2, 0.25) is 0 Å². The van der Waals surface area contributed by atoms with Gasteiger partial charge in [-0.2, -0.15) is 0 Å². The number of hydrogen-bond donors (Lipinski definition) is 0. The summed E-state index contributed by atoms with van der Waals surface area (Å²) in [7, 11) is 0. The van der Waals surface area contributed by atoms with Crippen LogP contribution in [-0.4, -0.2) is 10.6 Å². The molecule has 0 spiro atoms. The molecule has 0 radical (unpaired) electrons. The molecule has 2 heteroatoms. The van der Waals surface area contributed by atoms with Crippen molar-refractivity contribution < 1.29 is 4.79 Å². The van der Waals surface area contributed by atoms with E-state index < -0.39 is 0 Å². The summed E-state index contributed by atoms with van der Waals surface area (Å²) in [5.74, 6) is 1.63. The molecule has 1 nitrogen and oxygen atoms in total. The summed E-state index contributed by atoms with van der Waals surface area (Å²) in [6, 6.07) is 0. The lowest BCUT2D eigenvalue weighted by Gasteiger charge is -1.88. The van der Waals surface area contributed by atoms with E-state index in [1.54, 1.807) is 0 Å². The predicted molar refractivity (Wildman–Crippen MR) is 33.9 cm³/mol. The number of rotatable bonds is 0. The number of fused-ring (bicyclic) bond motifs is 1. The fourth-order valence-electron chi connectivity index (χ4n) is 1.56. The van der Waals surface area contributed by atoms with E-state index in [0.717, 1.165) is 18.8 Å². The quantitative estimate of drug-likeness (QED) is 0.508. The Balaban J connectivity index is 2.18. The molecule has 2 fully saturated rings. The number of ketones is 1. The van der Waals surface area contributed by atoms with E-state index in [1.165, 1.54) is 0 Å². The van der Waals surface area contributed by atoms with Crippen molar-refractivity contribution in [1.29, 1.82) is 0 Å². The Kier molecular flexibility index (Phi) is 0.840. The van der Waals surface area contributed by atoms with Crippen molar-refractivity contribution in [3.8, 4) is 0 Å². The van der Waals surface area contributed by atoms with Crippen molar-refractivity contribution >= 4 is 21.7 Å². The Morgan fingerprint density at radius 2 is 2.38 bits per heavy atom. The maximum atomic E-state index is 10.8. The molecule has 0 aromatic heterocycles. The Morgan fingerprint density at radius 3 is 2.62 bits per heavy atom. The first-order valence-corrected chi connectivity index (χ1v) is 3.89. The summed E-state index contributed by atoms with van der Waals surface area (Å²) >= 11 is 3.44. The van der Waals surface area contributed by atoms with E-state index >= 15 is 0 Å². The number of hydrogen-bond acceptors (Lipinski definition) is 1. The minimum absolute atomic E-state index is 0.426. The van der Waals surface area contributed by atoms with Crippen molar-refractivity contribution in [3.63, 3.8) is 0 Å². The molecule has 3 atom stereocenters. The van der Waals surface area contributed by atoms with Crippen LogP contribution in [0.15, 0.2) is 0 Å². The summed E-state index contributed by atoms with van der Waals surface area (Å²) in [5, 5.41) is 0. The largest absolute Gasteiger partial charge is 0.299 e. The van der Waals surface area contributed by atoms with Crippen LogP contribution in [-0.2, 0) is 4.79 Å². The molecule has 2 aliphatic carbocycles. The van der Waals surface area contributed by atoms with Crippen LogP contribution < -0.4 is 0 Å². The van der Waals surface area contributed by atoms with Crippen molar-refractivity contribution in [2.24, 2.45) is 11.8 Å². The standard InChI is InChI=1S/C6H7BrO/c7-6-3-1-2-4(8)5(3)6/h3,5-6H,1-2H2/t3-,5-,6+/m1/s1. The van der Waals surface area contributed by atoms with Crippen molar-refractivity contribution in [2.45, 2.75) is 17.7 Å². The maximum Gasteiger partial charge on any atom is 0.137 e. The summed E-state index contributed by atoms with van der Waals surface area (Å²) in [4.78, 5) is 11.4. The lowest BCUT2D eigenvalue weighted by Crippen LogP contribution is -1.97. The molecule has 8 heavy (non-hydrogen) atoms. The molecule has 2 aliphatic rings. The zero-order valence-electron chi connectivity index (χ0n) is 4.43. The lowest BCUT2D eigenvalue weighted by atomic mass is 10.2. The minimum atomic E-state index is 0.426. The Hall–Kier alpha value is 0.150. The Morgan fingerprint density at radius 1 is 1.62 bits per heavy atom. The molecule has 0 amide bonds. The third-order valence-corrected chi connectivity index (χ3v) is 3.42. The zero-order chi connectivity index (χ0) is 5.72. The van der Waals surface area contributed by atoms with E-state index in [4.69, 9.17) is 0 Å². The highest BCUT2D eigenvalue weighted by atomic mass is 79.9. The summed E-state index contributed by atoms with van der Waals surface area (Å²) in [5.41, 5.74) is 0. The fourth-order valence-corrected chi connectivity index (χ4v) is 2.67. The van der Waals surface area contributed by atoms with E-state index in [2.05, 4.69) is 15.9 Å². The first kappa shape index (κ1) is 4.98. The highest BCUT2D eigenvalue weighted by molar-refractivity contribution is 9.09. The smallest absolute Gasteiger partial charge is 0.137 e. The van der Waals surface area contributed by atoms with Gasteiger partial charge in [-0.1, -0.05) is 15.9 Å². The van der Waals surface area contributed by atoms with Crippen LogP contribution in [0.25, 0.3) is 0 Å². The van der Waals surface area contributed by atoms with Crippen LogP contribution in [0, 0.1) is 11.8 Å². The molecule has 0 aliphatic heterocycles. The minimum Gasteiger partial charge on any atom is -0.299 e. The molecular weight excluding hydrogens is 168 g/mol. The summed E-state index contributed by atoms with van der Waals surface area (Å²) < 4.78 is 0. The Bertz CT molecular complexity index is 143. The highest BCUT2D eigenvalue weighted by Crippen LogP contribution is 2.54. The van der Waals surface area contributed by atoms with Gasteiger partial charge < -0.3 is 0 Å². The molecule has 0 aromatic rings. The maximum absolute atomic E-state index is 10.8. The first-order chi connectivity index (χ1) is 3.80. The van der Waals surface area contributed by atoms with Gasteiger partial charge in [0.15, 0.2) is 0 Å². The molecular formula is C6H7BrO. The van der Waals surface area contributed by atoms with Crippen molar-refractivity contribution in [2.75, 3.05) is 0 Å². The van der Waals surface area contributed by atoms with Gasteiger partial charge in [-0.05, 0) is 12.3 Å². The second-order valence-corrected chi connectivity index (χ2v) is 3.70. The van der Waals surface area contributed by atoms with Crippen molar-refractivity contribution in [3.05, 3.63) is 0 Å². The lowest BCUT2D eigenvalue weighted by molar-refractivity contribution is -0.118. The number of halogens is 1. The third kappa shape index (κ3) is 0.445. The topological polar surface area (TPSA) is 17.1 Å². The van der Waals surface area contributed by atoms with Gasteiger partial charge in [0, 0.05) is 17.2 Å². The second kappa shape index (κ2) is 1.35. The number of alkyl halides is 1. The molecule has 0 heterocycles. The van der Waals surface area contributed by atoms with Gasteiger partial charge in [0.1, 0.15) is 5.78 Å². The number of carbonyl (C=O) groups is 1. The monoisotopic (exact) mass is 174 g/mol. The molecule has 0 saturated heterocycles. The Labute approximate surface area is 56.6 Å². The van der Waals surface area contributed by atoms with E-state index in [9.17, 15) is 4.79 Å². The number of carbonyl (C=O) groups excluding carboxylic acids is 1. The van der Waals surface area contributed by atoms with Gasteiger partial charge in [-0.15, -0.1) is 0 Å². The van der Waals surface area contributed by atoms with Crippen LogP contribution in [0.1, 0.15) is 12.8 Å². The van der Waals surface area contributed by atoms with Gasteiger partial charge in [-0.3, -0.25) is 4.79 Å². The first-order valence-electron chi connectivity index (χ1n) is 2.97. The third-order valence-electron chi connectivity index (χ3n) is 2.17. The fraction of sp³-hybridized carbons (Fsp3) is 0.833. The van der Waals surface area contributed by atoms with E-state index in [-0.39, 0.29) is 0 Å². The van der Waals surface area contributed by atoms with Gasteiger partial charge in [0.25, 0.3) is 0 Å². The average Bonchev–Trinajstić information content (AvgIpc) is 2.13. The molecule has 0 aromatic carbocycles. The second-order valence-electron chi connectivity index (χ2n) is 2.64. The number of Topliss-reactive ketones (excluding diaryl/α,β-unsaturated/α-hetero) is 1.